The number of fused-ring (bicyclic) bond motifs is 5. The fraction of sp³-hybridized carbons (Fsp3) is 0.222. The van der Waals surface area contributed by atoms with Gasteiger partial charge in [-0.25, -0.2) is 0 Å². The van der Waals surface area contributed by atoms with Crippen LogP contribution in [0.4, 0.5) is 0 Å². The zero-order valence-corrected chi connectivity index (χ0v) is 22.8. The molecule has 0 saturated carbocycles. The zero-order chi connectivity index (χ0) is 26.9. The van der Waals surface area contributed by atoms with E-state index in [0.29, 0.717) is 5.56 Å². The second-order valence-electron chi connectivity index (χ2n) is 12.2. The third-order valence-electron chi connectivity index (χ3n) is 8.83. The lowest BCUT2D eigenvalue weighted by atomic mass is 9.63. The molecule has 0 N–H and O–H groups in total. The van der Waals surface area contributed by atoms with Crippen molar-refractivity contribution in [1.29, 1.82) is 5.26 Å². The predicted molar refractivity (Wildman–Crippen MR) is 160 cm³/mol. The Balaban J connectivity index is 1.49. The van der Waals surface area contributed by atoms with E-state index in [1.54, 1.807) is 6.20 Å². The van der Waals surface area contributed by atoms with Gasteiger partial charge in [-0.15, -0.1) is 0 Å². The Kier molecular flexibility index (Phi) is 5.03. The third-order valence-corrected chi connectivity index (χ3v) is 8.83. The number of aromatic nitrogens is 1. The summed E-state index contributed by atoms with van der Waals surface area (Å²) in [4.78, 5) is 4.56. The first-order valence-corrected chi connectivity index (χ1v) is 13.7. The molecule has 0 atom stereocenters. The van der Waals surface area contributed by atoms with Gasteiger partial charge in [0.05, 0.1) is 17.3 Å². The summed E-state index contributed by atoms with van der Waals surface area (Å²) in [5.41, 5.74) is 8.99. The molecule has 0 unspecified atom stereocenters. The first-order valence-electron chi connectivity index (χ1n) is 13.7. The Morgan fingerprint density at radius 3 is 2.21 bits per heavy atom. The molecule has 4 aromatic carbocycles. The lowest BCUT2D eigenvalue weighted by Gasteiger charge is -2.42. The van der Waals surface area contributed by atoms with Gasteiger partial charge in [0.2, 0.25) is 0 Å². The molecular formula is C36H30N2O. The van der Waals surface area contributed by atoms with E-state index in [-0.39, 0.29) is 10.8 Å². The molecule has 7 rings (SSSR count). The average Bonchev–Trinajstić information content (AvgIpc) is 3.33. The number of furan rings is 1. The number of nitriles is 1. The molecule has 2 aromatic heterocycles. The SMILES string of the molecule is CC1(C)CCC(C)(C)c2cc3cc(-c4c(C#N)ccc5c4oc4c(-c6ccccn6)cccc45)ccc3cc21. The van der Waals surface area contributed by atoms with Gasteiger partial charge in [0.25, 0.3) is 0 Å². The standard InChI is InChI=1S/C36H30N2O/c1-35(2)15-16-36(3,4)30-20-25-18-23(12-11-22(25)19-29(30)35)32-24(21-37)13-14-27-26-8-7-9-28(33(26)39-34(27)32)31-10-5-6-17-38-31/h5-14,17-20H,15-16H2,1-4H3. The zero-order valence-electron chi connectivity index (χ0n) is 22.8. The minimum atomic E-state index is 0.132. The second kappa shape index (κ2) is 8.29. The van der Waals surface area contributed by atoms with Gasteiger partial charge in [0.15, 0.2) is 0 Å². The molecule has 2 heterocycles. The number of para-hydroxylation sites is 1. The topological polar surface area (TPSA) is 49.8 Å². The molecule has 6 aromatic rings. The highest BCUT2D eigenvalue weighted by atomic mass is 16.3. The molecule has 0 amide bonds. The molecule has 0 fully saturated rings. The van der Waals surface area contributed by atoms with E-state index in [9.17, 15) is 5.26 Å². The fourth-order valence-electron chi connectivity index (χ4n) is 6.43. The number of pyridine rings is 1. The summed E-state index contributed by atoms with van der Waals surface area (Å²) in [6, 6.07) is 29.8. The van der Waals surface area contributed by atoms with E-state index in [0.717, 1.165) is 44.3 Å². The van der Waals surface area contributed by atoms with Crippen LogP contribution in [-0.2, 0) is 10.8 Å². The molecule has 3 heteroatoms. The van der Waals surface area contributed by atoms with Crippen molar-refractivity contribution in [3.05, 3.63) is 102 Å². The van der Waals surface area contributed by atoms with Gasteiger partial charge < -0.3 is 4.42 Å². The largest absolute Gasteiger partial charge is 0.455 e. The molecule has 0 spiro atoms. The monoisotopic (exact) mass is 506 g/mol. The van der Waals surface area contributed by atoms with Crippen molar-refractivity contribution in [2.45, 2.75) is 51.4 Å². The Morgan fingerprint density at radius 2 is 1.49 bits per heavy atom. The average molecular weight is 507 g/mol. The van der Waals surface area contributed by atoms with E-state index in [1.165, 1.54) is 34.7 Å². The van der Waals surface area contributed by atoms with Crippen LogP contribution >= 0.6 is 0 Å². The van der Waals surface area contributed by atoms with Crippen LogP contribution in [0.15, 0.2) is 89.5 Å². The van der Waals surface area contributed by atoms with Crippen LogP contribution < -0.4 is 0 Å². The number of benzene rings is 4. The molecule has 39 heavy (non-hydrogen) atoms. The predicted octanol–water partition coefficient (Wildman–Crippen LogP) is 9.69. The van der Waals surface area contributed by atoms with Crippen molar-refractivity contribution < 1.29 is 4.42 Å². The Morgan fingerprint density at radius 1 is 0.744 bits per heavy atom. The van der Waals surface area contributed by atoms with Gasteiger partial charge in [-0.2, -0.15) is 5.26 Å². The minimum Gasteiger partial charge on any atom is -0.455 e. The van der Waals surface area contributed by atoms with Gasteiger partial charge in [0, 0.05) is 28.1 Å². The van der Waals surface area contributed by atoms with E-state index >= 15 is 0 Å². The Hall–Kier alpha value is -4.42. The minimum absolute atomic E-state index is 0.132. The number of rotatable bonds is 2. The fourth-order valence-corrected chi connectivity index (χ4v) is 6.43. The Labute approximate surface area is 228 Å². The highest BCUT2D eigenvalue weighted by Gasteiger charge is 2.37. The van der Waals surface area contributed by atoms with Crippen LogP contribution in [-0.4, -0.2) is 4.98 Å². The van der Waals surface area contributed by atoms with Crippen molar-refractivity contribution in [3.63, 3.8) is 0 Å². The van der Waals surface area contributed by atoms with Gasteiger partial charge in [0.1, 0.15) is 11.2 Å². The molecule has 0 aliphatic heterocycles. The number of hydrogen-bond donors (Lipinski definition) is 0. The summed E-state index contributed by atoms with van der Waals surface area (Å²) in [7, 11) is 0. The van der Waals surface area contributed by atoms with Crippen LogP contribution in [0.2, 0.25) is 0 Å². The van der Waals surface area contributed by atoms with Crippen LogP contribution in [0.1, 0.15) is 57.2 Å². The maximum atomic E-state index is 10.1. The van der Waals surface area contributed by atoms with Crippen molar-refractivity contribution in [2.24, 2.45) is 0 Å². The lowest BCUT2D eigenvalue weighted by molar-refractivity contribution is 0.332. The van der Waals surface area contributed by atoms with Crippen molar-refractivity contribution in [2.75, 3.05) is 0 Å². The van der Waals surface area contributed by atoms with E-state index in [1.807, 2.05) is 42.5 Å². The number of hydrogen-bond acceptors (Lipinski definition) is 3. The molecule has 0 bridgehead atoms. The maximum absolute atomic E-state index is 10.1. The van der Waals surface area contributed by atoms with Crippen molar-refractivity contribution >= 4 is 32.7 Å². The third kappa shape index (κ3) is 3.59. The van der Waals surface area contributed by atoms with Crippen molar-refractivity contribution in [3.8, 4) is 28.5 Å². The van der Waals surface area contributed by atoms with Crippen LogP contribution in [0, 0.1) is 11.3 Å². The van der Waals surface area contributed by atoms with Crippen LogP contribution in [0.25, 0.3) is 55.1 Å². The summed E-state index contributed by atoms with van der Waals surface area (Å²) in [5.74, 6) is 0. The summed E-state index contributed by atoms with van der Waals surface area (Å²) < 4.78 is 6.64. The quantitative estimate of drug-likeness (QED) is 0.235. The van der Waals surface area contributed by atoms with Gasteiger partial charge in [-0.05, 0) is 87.5 Å². The van der Waals surface area contributed by atoms with E-state index in [2.05, 4.69) is 75.1 Å². The molecule has 0 saturated heterocycles. The lowest BCUT2D eigenvalue weighted by Crippen LogP contribution is -2.33. The summed E-state index contributed by atoms with van der Waals surface area (Å²) in [6.07, 6.45) is 4.16. The molecule has 1 aliphatic carbocycles. The first-order chi connectivity index (χ1) is 18.8. The normalized spacial score (nSPS) is 15.9. The molecule has 0 radical (unpaired) electrons. The van der Waals surface area contributed by atoms with Crippen molar-refractivity contribution in [1.82, 2.24) is 4.98 Å². The molecule has 190 valence electrons. The van der Waals surface area contributed by atoms with Gasteiger partial charge >= 0.3 is 0 Å². The first kappa shape index (κ1) is 23.7. The highest BCUT2D eigenvalue weighted by Crippen LogP contribution is 2.48. The maximum Gasteiger partial charge on any atom is 0.144 e. The Bertz CT molecular complexity index is 1970. The summed E-state index contributed by atoms with van der Waals surface area (Å²) in [6.45, 7) is 9.45. The molecular weight excluding hydrogens is 476 g/mol. The smallest absolute Gasteiger partial charge is 0.144 e. The molecule has 3 nitrogen and oxygen atoms in total. The van der Waals surface area contributed by atoms with Gasteiger partial charge in [-0.1, -0.05) is 70.2 Å². The van der Waals surface area contributed by atoms with Gasteiger partial charge in [-0.3, -0.25) is 4.98 Å². The van der Waals surface area contributed by atoms with Crippen LogP contribution in [0.5, 0.6) is 0 Å². The molecule has 1 aliphatic rings. The second-order valence-corrected chi connectivity index (χ2v) is 12.2. The highest BCUT2D eigenvalue weighted by molar-refractivity contribution is 6.14. The number of nitrogens with zero attached hydrogens (tertiary/aromatic N) is 2. The summed E-state index contributed by atoms with van der Waals surface area (Å²) >= 11 is 0. The van der Waals surface area contributed by atoms with Crippen LogP contribution in [0.3, 0.4) is 0 Å². The van der Waals surface area contributed by atoms with E-state index < -0.39 is 0 Å². The summed E-state index contributed by atoms with van der Waals surface area (Å²) in [5, 5.41) is 14.6. The van der Waals surface area contributed by atoms with E-state index in [4.69, 9.17) is 4.42 Å².